The second kappa shape index (κ2) is 4.15. The number of fused-ring (bicyclic) bond motifs is 2. The number of benzene rings is 1. The molecule has 2 heterocycles. The van der Waals surface area contributed by atoms with E-state index in [2.05, 4.69) is 4.99 Å². The van der Waals surface area contributed by atoms with Gasteiger partial charge in [-0.15, -0.1) is 0 Å². The van der Waals surface area contributed by atoms with Crippen LogP contribution in [0, 0.1) is 0 Å². The maximum absolute atomic E-state index is 12.4. The molecule has 0 bridgehead atoms. The van der Waals surface area contributed by atoms with Gasteiger partial charge in [0, 0.05) is 19.7 Å². The molecule has 1 amide bonds. The zero-order valence-corrected chi connectivity index (χ0v) is 11.1. The number of carbonyl (C=O) groups is 1. The fourth-order valence-electron chi connectivity index (χ4n) is 2.49. The molecule has 0 spiro atoms. The van der Waals surface area contributed by atoms with Crippen molar-refractivity contribution in [2.45, 2.75) is 0 Å². The third-order valence-electron chi connectivity index (χ3n) is 3.46. The Labute approximate surface area is 111 Å². The monoisotopic (exact) mass is 261 g/mol. The zero-order chi connectivity index (χ0) is 13.6. The number of carbonyl (C=O) groups excluding carboxylic acids is 1. The van der Waals surface area contributed by atoms with Crippen LogP contribution in [0.4, 0.5) is 5.69 Å². The van der Waals surface area contributed by atoms with Crippen molar-refractivity contribution in [1.82, 2.24) is 4.90 Å². The summed E-state index contributed by atoms with van der Waals surface area (Å²) in [6.07, 6.45) is 0. The van der Waals surface area contributed by atoms with Crippen LogP contribution in [0.2, 0.25) is 0 Å². The minimum atomic E-state index is -0.0368. The summed E-state index contributed by atoms with van der Waals surface area (Å²) in [4.78, 5) is 20.4. The molecule has 1 aromatic rings. The highest BCUT2D eigenvalue weighted by atomic mass is 16.5. The maximum atomic E-state index is 12.4. The molecule has 2 aliphatic rings. The van der Waals surface area contributed by atoms with E-state index in [-0.39, 0.29) is 5.91 Å². The van der Waals surface area contributed by atoms with Gasteiger partial charge < -0.3 is 14.4 Å². The van der Waals surface area contributed by atoms with Gasteiger partial charge in [0.2, 0.25) is 5.96 Å². The summed E-state index contributed by atoms with van der Waals surface area (Å²) in [5, 5.41) is 0. The van der Waals surface area contributed by atoms with Crippen LogP contribution in [-0.2, 0) is 0 Å². The first-order valence-corrected chi connectivity index (χ1v) is 6.03. The number of aliphatic imine (C=N–C) groups is 1. The first-order chi connectivity index (χ1) is 9.17. The summed E-state index contributed by atoms with van der Waals surface area (Å²) in [5.41, 5.74) is 1.40. The van der Waals surface area contributed by atoms with E-state index >= 15 is 0 Å². The molecule has 100 valence electrons. The smallest absolute Gasteiger partial charge is 0.262 e. The molecule has 0 unspecified atom stereocenters. The van der Waals surface area contributed by atoms with Crippen molar-refractivity contribution in [3.05, 3.63) is 17.7 Å². The molecular formula is C13H15N3O3. The number of rotatable bonds is 2. The summed E-state index contributed by atoms with van der Waals surface area (Å²) in [6.45, 7) is 1.28. The first-order valence-electron chi connectivity index (χ1n) is 6.03. The molecule has 0 radical (unpaired) electrons. The quantitative estimate of drug-likeness (QED) is 0.796. The molecule has 0 atom stereocenters. The minimum absolute atomic E-state index is 0.0368. The lowest BCUT2D eigenvalue weighted by Gasteiger charge is -2.33. The van der Waals surface area contributed by atoms with E-state index in [1.165, 1.54) is 0 Å². The molecular weight excluding hydrogens is 246 g/mol. The maximum Gasteiger partial charge on any atom is 0.262 e. The van der Waals surface area contributed by atoms with Gasteiger partial charge in [0.05, 0.1) is 32.0 Å². The minimum Gasteiger partial charge on any atom is -0.493 e. The van der Waals surface area contributed by atoms with Crippen molar-refractivity contribution < 1.29 is 14.3 Å². The van der Waals surface area contributed by atoms with Gasteiger partial charge in [-0.2, -0.15) is 0 Å². The predicted octanol–water partition coefficient (Wildman–Crippen LogP) is 0.965. The molecule has 0 aliphatic carbocycles. The normalized spacial score (nSPS) is 17.0. The lowest BCUT2D eigenvalue weighted by Crippen LogP contribution is -2.48. The largest absolute Gasteiger partial charge is 0.493 e. The predicted molar refractivity (Wildman–Crippen MR) is 71.3 cm³/mol. The molecule has 3 rings (SSSR count). The molecule has 0 N–H and O–H groups in total. The summed E-state index contributed by atoms with van der Waals surface area (Å²) >= 11 is 0. The number of hydrogen-bond acceptors (Lipinski definition) is 5. The van der Waals surface area contributed by atoms with Crippen molar-refractivity contribution in [2.24, 2.45) is 4.99 Å². The van der Waals surface area contributed by atoms with Gasteiger partial charge in [-0.1, -0.05) is 0 Å². The summed E-state index contributed by atoms with van der Waals surface area (Å²) in [6, 6.07) is 3.53. The van der Waals surface area contributed by atoms with Crippen LogP contribution >= 0.6 is 0 Å². The standard InChI is InChI=1S/C13H15N3O3/c1-15-9-7-11(19-3)10(18-2)6-8(9)12(17)16-5-4-14-13(15)16/h6-7H,4-5H2,1-3H3. The third-order valence-corrected chi connectivity index (χ3v) is 3.46. The molecule has 6 nitrogen and oxygen atoms in total. The van der Waals surface area contributed by atoms with E-state index in [0.29, 0.717) is 36.1 Å². The molecule has 0 fully saturated rings. The zero-order valence-electron chi connectivity index (χ0n) is 11.1. The highest BCUT2D eigenvalue weighted by molar-refractivity contribution is 6.19. The summed E-state index contributed by atoms with van der Waals surface area (Å²) < 4.78 is 10.5. The number of nitrogens with zero attached hydrogens (tertiary/aromatic N) is 3. The topological polar surface area (TPSA) is 54.4 Å². The van der Waals surface area contributed by atoms with Crippen molar-refractivity contribution in [1.29, 1.82) is 0 Å². The molecule has 2 aliphatic heterocycles. The Hall–Kier alpha value is -2.24. The van der Waals surface area contributed by atoms with Gasteiger partial charge in [0.15, 0.2) is 11.5 Å². The van der Waals surface area contributed by atoms with Gasteiger partial charge in [-0.3, -0.25) is 14.7 Å². The number of hydrogen-bond donors (Lipinski definition) is 0. The number of anilines is 1. The van der Waals surface area contributed by atoms with E-state index in [9.17, 15) is 4.79 Å². The SMILES string of the molecule is COc1cc2c(cc1OC)N(C)C1=NCCN1C2=O. The highest BCUT2D eigenvalue weighted by Crippen LogP contribution is 2.38. The average Bonchev–Trinajstić information content (AvgIpc) is 2.93. The van der Waals surface area contributed by atoms with Crippen LogP contribution in [0.25, 0.3) is 0 Å². The first kappa shape index (κ1) is 11.8. The number of methoxy groups -OCH3 is 2. The number of amides is 1. The van der Waals surface area contributed by atoms with Gasteiger partial charge in [0.25, 0.3) is 5.91 Å². The van der Waals surface area contributed by atoms with Gasteiger partial charge in [-0.25, -0.2) is 0 Å². The fourth-order valence-corrected chi connectivity index (χ4v) is 2.49. The highest BCUT2D eigenvalue weighted by Gasteiger charge is 2.36. The third kappa shape index (κ3) is 1.56. The van der Waals surface area contributed by atoms with Crippen LogP contribution in [0.3, 0.4) is 0 Å². The van der Waals surface area contributed by atoms with E-state index in [1.807, 2.05) is 18.0 Å². The Kier molecular flexibility index (Phi) is 2.58. The lowest BCUT2D eigenvalue weighted by atomic mass is 10.1. The van der Waals surface area contributed by atoms with E-state index in [4.69, 9.17) is 9.47 Å². The van der Waals surface area contributed by atoms with Crippen molar-refractivity contribution in [3.63, 3.8) is 0 Å². The van der Waals surface area contributed by atoms with E-state index in [0.717, 1.165) is 5.69 Å². The molecule has 0 aromatic heterocycles. The Morgan fingerprint density at radius 1 is 1.21 bits per heavy atom. The van der Waals surface area contributed by atoms with Gasteiger partial charge >= 0.3 is 0 Å². The lowest BCUT2D eigenvalue weighted by molar-refractivity contribution is 0.0851. The van der Waals surface area contributed by atoms with Crippen LogP contribution < -0.4 is 14.4 Å². The van der Waals surface area contributed by atoms with Crippen molar-refractivity contribution >= 4 is 17.6 Å². The Morgan fingerprint density at radius 3 is 2.58 bits per heavy atom. The van der Waals surface area contributed by atoms with Crippen LogP contribution in [0.15, 0.2) is 17.1 Å². The molecule has 6 heteroatoms. The number of guanidine groups is 1. The van der Waals surface area contributed by atoms with Gasteiger partial charge in [-0.05, 0) is 6.07 Å². The van der Waals surface area contributed by atoms with Gasteiger partial charge in [0.1, 0.15) is 0 Å². The second-order valence-corrected chi connectivity index (χ2v) is 4.42. The average molecular weight is 261 g/mol. The Balaban J connectivity index is 2.19. The summed E-state index contributed by atoms with van der Waals surface area (Å²) in [5.74, 6) is 1.82. The molecule has 0 saturated carbocycles. The second-order valence-electron chi connectivity index (χ2n) is 4.42. The molecule has 19 heavy (non-hydrogen) atoms. The van der Waals surface area contributed by atoms with Crippen molar-refractivity contribution in [3.8, 4) is 11.5 Å². The van der Waals surface area contributed by atoms with Crippen molar-refractivity contribution in [2.75, 3.05) is 39.3 Å². The fraction of sp³-hybridized carbons (Fsp3) is 0.385. The number of ether oxygens (including phenoxy) is 2. The van der Waals surface area contributed by atoms with Crippen LogP contribution in [-0.4, -0.2) is 51.1 Å². The van der Waals surface area contributed by atoms with E-state index in [1.54, 1.807) is 25.2 Å². The molecule has 0 saturated heterocycles. The van der Waals surface area contributed by atoms with Crippen LogP contribution in [0.1, 0.15) is 10.4 Å². The van der Waals surface area contributed by atoms with Crippen LogP contribution in [0.5, 0.6) is 11.5 Å². The molecule has 1 aromatic carbocycles. The van der Waals surface area contributed by atoms with E-state index < -0.39 is 0 Å². The summed E-state index contributed by atoms with van der Waals surface area (Å²) in [7, 11) is 5.03. The Morgan fingerprint density at radius 2 is 1.89 bits per heavy atom. The Bertz CT molecular complexity index is 583.